The minimum Gasteiger partial charge on any atom is -0.469 e. The van der Waals surface area contributed by atoms with Crippen LogP contribution in [-0.2, 0) is 25.5 Å². The molecule has 3 N–H and O–H groups in total. The van der Waals surface area contributed by atoms with Crippen LogP contribution in [0.5, 0.6) is 0 Å². The summed E-state index contributed by atoms with van der Waals surface area (Å²) in [6.07, 6.45) is 6.88. The standard InChI is InChI=1S/C23H33N3O4/c1-4-5-6-7-10-16(14-21(27)30-3)22(28)26-20(23(29)24-2)13-17-15-25-19-12-9-8-11-18(17)19/h8-9,11-12,15-16,20,25H,4-7,10,13-14H2,1-3H3,(H,24,29)(H,26,28)/t16-,20+/m1/s1. The van der Waals surface area contributed by atoms with Crippen molar-refractivity contribution in [2.75, 3.05) is 14.2 Å². The van der Waals surface area contributed by atoms with E-state index < -0.39 is 17.9 Å². The first kappa shape index (κ1) is 23.4. The Kier molecular flexibility index (Phi) is 9.38. The molecule has 0 spiro atoms. The number of likely N-dealkylation sites (N-methyl/N-ethyl adjacent to an activating group) is 1. The lowest BCUT2D eigenvalue weighted by molar-refractivity contribution is -0.144. The number of para-hydroxylation sites is 1. The number of carbonyl (C=O) groups is 3. The van der Waals surface area contributed by atoms with Gasteiger partial charge in [-0.25, -0.2) is 0 Å². The van der Waals surface area contributed by atoms with Crippen LogP contribution in [0.4, 0.5) is 0 Å². The Morgan fingerprint density at radius 3 is 2.57 bits per heavy atom. The van der Waals surface area contributed by atoms with Gasteiger partial charge in [0.2, 0.25) is 11.8 Å². The molecule has 2 rings (SSSR count). The number of fused-ring (bicyclic) bond motifs is 1. The number of aromatic amines is 1. The first-order valence-electron chi connectivity index (χ1n) is 10.6. The van der Waals surface area contributed by atoms with Crippen LogP contribution >= 0.6 is 0 Å². The summed E-state index contributed by atoms with van der Waals surface area (Å²) in [6.45, 7) is 2.12. The maximum atomic E-state index is 13.0. The number of methoxy groups -OCH3 is 1. The maximum Gasteiger partial charge on any atom is 0.306 e. The predicted octanol–water partition coefficient (Wildman–Crippen LogP) is 3.09. The van der Waals surface area contributed by atoms with Crippen LogP contribution in [0.2, 0.25) is 0 Å². The topological polar surface area (TPSA) is 100 Å². The quantitative estimate of drug-likeness (QED) is 0.366. The third kappa shape index (κ3) is 6.61. The van der Waals surface area contributed by atoms with Crippen LogP contribution in [0.3, 0.4) is 0 Å². The van der Waals surface area contributed by atoms with E-state index in [4.69, 9.17) is 4.74 Å². The Morgan fingerprint density at radius 1 is 1.10 bits per heavy atom. The molecule has 2 amide bonds. The van der Waals surface area contributed by atoms with Gasteiger partial charge < -0.3 is 20.4 Å². The summed E-state index contributed by atoms with van der Waals surface area (Å²) in [6, 6.07) is 7.11. The van der Waals surface area contributed by atoms with E-state index >= 15 is 0 Å². The fourth-order valence-corrected chi connectivity index (χ4v) is 3.62. The highest BCUT2D eigenvalue weighted by atomic mass is 16.5. The smallest absolute Gasteiger partial charge is 0.306 e. The number of rotatable bonds is 12. The van der Waals surface area contributed by atoms with Crippen LogP contribution < -0.4 is 10.6 Å². The number of aromatic nitrogens is 1. The highest BCUT2D eigenvalue weighted by Crippen LogP contribution is 2.20. The molecule has 2 atom stereocenters. The molecule has 0 bridgehead atoms. The molecule has 1 aromatic heterocycles. The van der Waals surface area contributed by atoms with Gasteiger partial charge in [-0.3, -0.25) is 14.4 Å². The van der Waals surface area contributed by atoms with Crippen molar-refractivity contribution >= 4 is 28.7 Å². The number of amides is 2. The van der Waals surface area contributed by atoms with E-state index in [0.717, 1.165) is 42.1 Å². The Bertz CT molecular complexity index is 846. The average molecular weight is 416 g/mol. The van der Waals surface area contributed by atoms with Gasteiger partial charge in [0.1, 0.15) is 6.04 Å². The number of benzene rings is 1. The number of hydrogen-bond donors (Lipinski definition) is 3. The van der Waals surface area contributed by atoms with Crippen molar-refractivity contribution in [2.24, 2.45) is 5.92 Å². The van der Waals surface area contributed by atoms with Gasteiger partial charge in [0, 0.05) is 36.5 Å². The van der Waals surface area contributed by atoms with Crippen LogP contribution in [-0.4, -0.2) is 43.0 Å². The summed E-state index contributed by atoms with van der Waals surface area (Å²) in [7, 11) is 2.87. The summed E-state index contributed by atoms with van der Waals surface area (Å²) in [5.74, 6) is -1.48. The first-order chi connectivity index (χ1) is 14.5. The molecule has 1 heterocycles. The van der Waals surface area contributed by atoms with Gasteiger partial charge in [0.05, 0.1) is 13.5 Å². The zero-order valence-corrected chi connectivity index (χ0v) is 18.1. The Labute approximate surface area is 177 Å². The molecule has 164 valence electrons. The molecule has 7 nitrogen and oxygen atoms in total. The fourth-order valence-electron chi connectivity index (χ4n) is 3.62. The number of nitrogens with one attached hydrogen (secondary N) is 3. The molecular weight excluding hydrogens is 382 g/mol. The van der Waals surface area contributed by atoms with Crippen molar-refractivity contribution in [1.29, 1.82) is 0 Å². The Morgan fingerprint density at radius 2 is 1.87 bits per heavy atom. The molecule has 0 saturated heterocycles. The highest BCUT2D eigenvalue weighted by molar-refractivity contribution is 5.91. The Balaban J connectivity index is 2.12. The molecule has 2 aromatic rings. The first-order valence-corrected chi connectivity index (χ1v) is 10.6. The third-order valence-corrected chi connectivity index (χ3v) is 5.40. The largest absolute Gasteiger partial charge is 0.469 e. The zero-order valence-electron chi connectivity index (χ0n) is 18.1. The van der Waals surface area contributed by atoms with Crippen molar-refractivity contribution in [3.63, 3.8) is 0 Å². The van der Waals surface area contributed by atoms with Gasteiger partial charge in [-0.15, -0.1) is 0 Å². The summed E-state index contributed by atoms with van der Waals surface area (Å²) in [5.41, 5.74) is 1.93. The van der Waals surface area contributed by atoms with Crippen molar-refractivity contribution < 1.29 is 19.1 Å². The summed E-state index contributed by atoms with van der Waals surface area (Å²) in [5, 5.41) is 6.51. The molecule has 0 aliphatic carbocycles. The van der Waals surface area contributed by atoms with E-state index in [1.807, 2.05) is 30.5 Å². The second-order valence-electron chi connectivity index (χ2n) is 7.57. The number of H-pyrrole nitrogens is 1. The molecule has 0 unspecified atom stereocenters. The van der Waals surface area contributed by atoms with E-state index in [1.54, 1.807) is 7.05 Å². The molecule has 0 aliphatic heterocycles. The minimum absolute atomic E-state index is 0.0159. The van der Waals surface area contributed by atoms with E-state index in [1.165, 1.54) is 7.11 Å². The SMILES string of the molecule is CCCCCC[C@H](CC(=O)OC)C(=O)N[C@@H](Cc1c[nH]c2ccccc12)C(=O)NC. The molecule has 30 heavy (non-hydrogen) atoms. The van der Waals surface area contributed by atoms with Gasteiger partial charge in [0.25, 0.3) is 0 Å². The molecular formula is C23H33N3O4. The fraction of sp³-hybridized carbons (Fsp3) is 0.522. The van der Waals surface area contributed by atoms with Crippen molar-refractivity contribution in [3.05, 3.63) is 36.0 Å². The molecule has 0 fully saturated rings. The number of carbonyl (C=O) groups excluding carboxylic acids is 3. The molecule has 0 saturated carbocycles. The van der Waals surface area contributed by atoms with Gasteiger partial charge in [0.15, 0.2) is 0 Å². The number of esters is 1. The summed E-state index contributed by atoms with van der Waals surface area (Å²) < 4.78 is 4.76. The summed E-state index contributed by atoms with van der Waals surface area (Å²) in [4.78, 5) is 40.5. The van der Waals surface area contributed by atoms with E-state index in [0.29, 0.717) is 12.8 Å². The lowest BCUT2D eigenvalue weighted by atomic mass is 9.95. The highest BCUT2D eigenvalue weighted by Gasteiger charge is 2.27. The van der Waals surface area contributed by atoms with Crippen LogP contribution in [0.25, 0.3) is 10.9 Å². The number of unbranched alkanes of at least 4 members (excludes halogenated alkanes) is 3. The summed E-state index contributed by atoms with van der Waals surface area (Å²) >= 11 is 0. The van der Waals surface area contributed by atoms with E-state index in [9.17, 15) is 14.4 Å². The van der Waals surface area contributed by atoms with E-state index in [-0.39, 0.29) is 18.2 Å². The van der Waals surface area contributed by atoms with Gasteiger partial charge in [-0.1, -0.05) is 50.8 Å². The normalized spacial score (nSPS) is 12.9. The van der Waals surface area contributed by atoms with E-state index in [2.05, 4.69) is 22.5 Å². The van der Waals surface area contributed by atoms with Crippen molar-refractivity contribution in [2.45, 2.75) is 57.9 Å². The van der Waals surface area contributed by atoms with Gasteiger partial charge in [-0.05, 0) is 18.1 Å². The monoisotopic (exact) mass is 415 g/mol. The van der Waals surface area contributed by atoms with Crippen molar-refractivity contribution in [3.8, 4) is 0 Å². The number of hydrogen-bond acceptors (Lipinski definition) is 4. The van der Waals surface area contributed by atoms with Gasteiger partial charge in [-0.2, -0.15) is 0 Å². The van der Waals surface area contributed by atoms with Crippen LogP contribution in [0, 0.1) is 5.92 Å². The second-order valence-corrected chi connectivity index (χ2v) is 7.57. The third-order valence-electron chi connectivity index (χ3n) is 5.40. The minimum atomic E-state index is -0.725. The molecule has 0 radical (unpaired) electrons. The second kappa shape index (κ2) is 12.0. The molecule has 1 aromatic carbocycles. The average Bonchev–Trinajstić information content (AvgIpc) is 3.17. The van der Waals surface area contributed by atoms with Crippen LogP contribution in [0.1, 0.15) is 51.0 Å². The Hall–Kier alpha value is -2.83. The maximum absolute atomic E-state index is 13.0. The number of ether oxygens (including phenoxy) is 1. The lowest BCUT2D eigenvalue weighted by Crippen LogP contribution is -2.49. The van der Waals surface area contributed by atoms with Crippen molar-refractivity contribution in [1.82, 2.24) is 15.6 Å². The van der Waals surface area contributed by atoms with Crippen LogP contribution in [0.15, 0.2) is 30.5 Å². The molecule has 7 heteroatoms. The van der Waals surface area contributed by atoms with Gasteiger partial charge >= 0.3 is 5.97 Å². The molecule has 0 aliphatic rings. The zero-order chi connectivity index (χ0) is 21.9. The predicted molar refractivity (Wildman–Crippen MR) is 117 cm³/mol. The lowest BCUT2D eigenvalue weighted by Gasteiger charge is -2.21.